The summed E-state index contributed by atoms with van der Waals surface area (Å²) in [5.41, 5.74) is 1.09. The van der Waals surface area contributed by atoms with Crippen molar-refractivity contribution in [3.8, 4) is 12.1 Å². The van der Waals surface area contributed by atoms with Gasteiger partial charge in [-0.15, -0.1) is 0 Å². The van der Waals surface area contributed by atoms with E-state index in [1.54, 1.807) is 48.5 Å². The van der Waals surface area contributed by atoms with Crippen LogP contribution in [-0.2, 0) is 4.57 Å². The number of benzene rings is 2. The van der Waals surface area contributed by atoms with Crippen LogP contribution in [0.25, 0.3) is 0 Å². The molecule has 2 rings (SSSR count). The molecule has 0 spiro atoms. The minimum Gasteiger partial charge on any atom is -0.192 e. The van der Waals surface area contributed by atoms with E-state index in [-0.39, 0.29) is 0 Å². The highest BCUT2D eigenvalue weighted by atomic mass is 31.1. The van der Waals surface area contributed by atoms with Gasteiger partial charge in [0.2, 0.25) is 0 Å². The third-order valence-corrected chi connectivity index (χ3v) is 4.00. The second kappa shape index (κ2) is 5.23. The van der Waals surface area contributed by atoms with E-state index < -0.39 is 7.80 Å². The second-order valence-corrected chi connectivity index (χ2v) is 5.23. The van der Waals surface area contributed by atoms with E-state index in [9.17, 15) is 4.57 Å². The Morgan fingerprint density at radius 2 is 1.06 bits per heavy atom. The first kappa shape index (κ1) is 12.0. The summed E-state index contributed by atoms with van der Waals surface area (Å²) >= 11 is 0. The van der Waals surface area contributed by atoms with E-state index in [0.29, 0.717) is 21.7 Å². The maximum Gasteiger partial charge on any atom is 0.415 e. The fourth-order valence-corrected chi connectivity index (χ4v) is 2.63. The van der Waals surface area contributed by atoms with Gasteiger partial charge < -0.3 is 0 Å². The maximum atomic E-state index is 12.2. The van der Waals surface area contributed by atoms with Crippen molar-refractivity contribution in [1.29, 1.82) is 10.5 Å². The van der Waals surface area contributed by atoms with Gasteiger partial charge in [0.25, 0.3) is 0 Å². The van der Waals surface area contributed by atoms with Crippen LogP contribution in [0.2, 0.25) is 0 Å². The molecule has 0 bridgehead atoms. The zero-order chi connectivity index (χ0) is 13.0. The van der Waals surface area contributed by atoms with E-state index in [1.165, 1.54) is 0 Å². The number of nitrogens with zero attached hydrogens (tertiary/aromatic N) is 2. The van der Waals surface area contributed by atoms with Crippen LogP contribution in [0.15, 0.2) is 48.5 Å². The second-order valence-electron chi connectivity index (χ2n) is 3.61. The molecule has 0 saturated heterocycles. The maximum absolute atomic E-state index is 12.2. The van der Waals surface area contributed by atoms with Crippen molar-refractivity contribution in [1.82, 2.24) is 0 Å². The van der Waals surface area contributed by atoms with E-state index >= 15 is 0 Å². The van der Waals surface area contributed by atoms with Crippen LogP contribution in [0, 0.1) is 22.7 Å². The Balaban J connectivity index is 2.30. The lowest BCUT2D eigenvalue weighted by Gasteiger charge is -1.91. The van der Waals surface area contributed by atoms with Crippen LogP contribution < -0.4 is 10.6 Å². The monoisotopic (exact) mass is 251 g/mol. The molecule has 0 aliphatic carbocycles. The van der Waals surface area contributed by atoms with Gasteiger partial charge in [-0.05, 0) is 48.5 Å². The summed E-state index contributed by atoms with van der Waals surface area (Å²) in [6, 6.07) is 17.4. The number of nitriles is 2. The molecule has 2 aromatic carbocycles. The van der Waals surface area contributed by atoms with Gasteiger partial charge in [-0.2, -0.15) is 10.5 Å². The zero-order valence-corrected chi connectivity index (χ0v) is 10.3. The SMILES string of the molecule is N#Cc1ccc([P+](=O)c2ccc(C#N)cc2)cc1. The van der Waals surface area contributed by atoms with E-state index in [4.69, 9.17) is 10.5 Å². The standard InChI is InChI=1S/C14H8N2OP/c15-9-11-1-5-13(6-2-11)18(17)14-7-3-12(10-16)4-8-14/h1-8H/q+1. The summed E-state index contributed by atoms with van der Waals surface area (Å²) < 4.78 is 12.2. The first-order chi connectivity index (χ1) is 8.74. The Labute approximate surface area is 106 Å². The highest BCUT2D eigenvalue weighted by molar-refractivity contribution is 7.61. The van der Waals surface area contributed by atoms with Gasteiger partial charge in [0.1, 0.15) is 0 Å². The van der Waals surface area contributed by atoms with E-state index in [0.717, 1.165) is 0 Å². The average molecular weight is 251 g/mol. The van der Waals surface area contributed by atoms with Crippen LogP contribution in [-0.4, -0.2) is 0 Å². The minimum absolute atomic E-state index is 0.543. The summed E-state index contributed by atoms with van der Waals surface area (Å²) in [5.74, 6) is 0. The molecule has 0 fully saturated rings. The topological polar surface area (TPSA) is 64.7 Å². The van der Waals surface area contributed by atoms with Crippen molar-refractivity contribution < 1.29 is 4.57 Å². The lowest BCUT2D eigenvalue weighted by molar-refractivity contribution is 0.598. The first-order valence-electron chi connectivity index (χ1n) is 5.22. The smallest absolute Gasteiger partial charge is 0.192 e. The largest absolute Gasteiger partial charge is 0.415 e. The lowest BCUT2D eigenvalue weighted by atomic mass is 10.2. The van der Waals surface area contributed by atoms with Crippen molar-refractivity contribution >= 4 is 18.4 Å². The summed E-state index contributed by atoms with van der Waals surface area (Å²) in [4.78, 5) is 0. The predicted octanol–water partition coefficient (Wildman–Crippen LogP) is 2.21. The van der Waals surface area contributed by atoms with Crippen LogP contribution in [0.3, 0.4) is 0 Å². The molecule has 2 aromatic rings. The molecule has 0 radical (unpaired) electrons. The number of hydrogen-bond acceptors (Lipinski definition) is 3. The Kier molecular flexibility index (Phi) is 3.49. The van der Waals surface area contributed by atoms with Crippen LogP contribution >= 0.6 is 7.80 Å². The molecule has 84 valence electrons. The molecule has 0 amide bonds. The van der Waals surface area contributed by atoms with Gasteiger partial charge in [-0.3, -0.25) is 0 Å². The minimum atomic E-state index is -1.67. The zero-order valence-electron chi connectivity index (χ0n) is 9.37. The fraction of sp³-hybridized carbons (Fsp3) is 0. The molecular formula is C14H8N2OP+. The third kappa shape index (κ3) is 2.43. The molecule has 0 heterocycles. The van der Waals surface area contributed by atoms with Crippen molar-refractivity contribution in [2.24, 2.45) is 0 Å². The normalized spacial score (nSPS) is 9.22. The lowest BCUT2D eigenvalue weighted by Crippen LogP contribution is -2.06. The predicted molar refractivity (Wildman–Crippen MR) is 69.2 cm³/mol. The quantitative estimate of drug-likeness (QED) is 0.768. The summed E-state index contributed by atoms with van der Waals surface area (Å²) in [7, 11) is -1.67. The van der Waals surface area contributed by atoms with Crippen molar-refractivity contribution in [3.05, 3.63) is 59.7 Å². The number of hydrogen-bond donors (Lipinski definition) is 0. The van der Waals surface area contributed by atoms with Crippen LogP contribution in [0.5, 0.6) is 0 Å². The first-order valence-corrected chi connectivity index (χ1v) is 6.48. The Hall–Kier alpha value is -2.48. The van der Waals surface area contributed by atoms with Gasteiger partial charge >= 0.3 is 7.80 Å². The molecular weight excluding hydrogens is 243 g/mol. The van der Waals surface area contributed by atoms with Gasteiger partial charge in [-0.25, -0.2) is 0 Å². The van der Waals surface area contributed by atoms with Gasteiger partial charge in [-0.1, -0.05) is 4.57 Å². The Morgan fingerprint density at radius 3 is 1.33 bits per heavy atom. The van der Waals surface area contributed by atoms with Gasteiger partial charge in [0.05, 0.1) is 23.3 Å². The summed E-state index contributed by atoms with van der Waals surface area (Å²) in [5, 5.41) is 18.7. The van der Waals surface area contributed by atoms with Crippen molar-refractivity contribution in [2.75, 3.05) is 0 Å². The molecule has 0 N–H and O–H groups in total. The number of rotatable bonds is 2. The Bertz CT molecular complexity index is 601. The Morgan fingerprint density at radius 1 is 0.722 bits per heavy atom. The highest BCUT2D eigenvalue weighted by Gasteiger charge is 2.22. The molecule has 0 aliphatic heterocycles. The van der Waals surface area contributed by atoms with E-state index in [1.807, 2.05) is 12.1 Å². The molecule has 0 aromatic heterocycles. The molecule has 18 heavy (non-hydrogen) atoms. The van der Waals surface area contributed by atoms with Gasteiger partial charge in [0.15, 0.2) is 10.6 Å². The highest BCUT2D eigenvalue weighted by Crippen LogP contribution is 2.19. The van der Waals surface area contributed by atoms with Crippen LogP contribution in [0.1, 0.15) is 11.1 Å². The van der Waals surface area contributed by atoms with Crippen molar-refractivity contribution in [2.45, 2.75) is 0 Å². The molecule has 0 saturated carbocycles. The summed E-state index contributed by atoms with van der Waals surface area (Å²) in [6.07, 6.45) is 0. The molecule has 0 atom stereocenters. The van der Waals surface area contributed by atoms with E-state index in [2.05, 4.69) is 0 Å². The molecule has 0 aliphatic rings. The summed E-state index contributed by atoms with van der Waals surface area (Å²) in [6.45, 7) is 0. The molecule has 4 heteroatoms. The molecule has 0 unspecified atom stereocenters. The fourth-order valence-electron chi connectivity index (χ4n) is 1.49. The third-order valence-electron chi connectivity index (χ3n) is 2.46. The van der Waals surface area contributed by atoms with Gasteiger partial charge in [0, 0.05) is 0 Å². The molecule has 3 nitrogen and oxygen atoms in total. The van der Waals surface area contributed by atoms with Crippen LogP contribution in [0.4, 0.5) is 0 Å². The van der Waals surface area contributed by atoms with Crippen molar-refractivity contribution in [3.63, 3.8) is 0 Å². The average Bonchev–Trinajstić information content (AvgIpc) is 2.47.